The zero-order valence-corrected chi connectivity index (χ0v) is 11.7. The number of aryl methyl sites for hydroxylation is 1. The van der Waals surface area contributed by atoms with Gasteiger partial charge in [0.25, 0.3) is 0 Å². The van der Waals surface area contributed by atoms with Crippen molar-refractivity contribution in [3.63, 3.8) is 0 Å². The lowest BCUT2D eigenvalue weighted by molar-refractivity contribution is 0.626. The molecule has 0 atom stereocenters. The first kappa shape index (κ1) is 13.4. The number of fused-ring (bicyclic) bond motifs is 1. The largest absolute Gasteiger partial charge is 0.399 e. The van der Waals surface area contributed by atoms with Crippen LogP contribution in [0.3, 0.4) is 0 Å². The zero-order chi connectivity index (χ0) is 14.8. The third-order valence-corrected chi connectivity index (χ3v) is 3.33. The summed E-state index contributed by atoms with van der Waals surface area (Å²) in [6, 6.07) is 14.2. The average molecular weight is 281 g/mol. The Kier molecular flexibility index (Phi) is 3.44. The Balaban J connectivity index is 1.94. The number of anilines is 2. The molecule has 0 aliphatic carbocycles. The summed E-state index contributed by atoms with van der Waals surface area (Å²) >= 11 is 0. The standard InChI is InChI=1S/C17H16FN3/c1-11-7-17(15-9-14(19)5-6-16(15)21-11)20-10-12-3-2-4-13(18)8-12/h2-9H,10,19H2,1H3,(H,20,21). The fourth-order valence-corrected chi connectivity index (χ4v) is 2.37. The van der Waals surface area contributed by atoms with Crippen molar-refractivity contribution in [1.82, 2.24) is 4.98 Å². The first-order valence-corrected chi connectivity index (χ1v) is 6.77. The fourth-order valence-electron chi connectivity index (χ4n) is 2.37. The fraction of sp³-hybridized carbons (Fsp3) is 0.118. The highest BCUT2D eigenvalue weighted by Gasteiger charge is 2.05. The lowest BCUT2D eigenvalue weighted by Crippen LogP contribution is -2.02. The molecular weight excluding hydrogens is 265 g/mol. The van der Waals surface area contributed by atoms with E-state index < -0.39 is 0 Å². The average Bonchev–Trinajstić information content (AvgIpc) is 2.45. The zero-order valence-electron chi connectivity index (χ0n) is 11.7. The molecule has 3 N–H and O–H groups in total. The molecule has 3 rings (SSSR count). The molecular formula is C17H16FN3. The van der Waals surface area contributed by atoms with Gasteiger partial charge in [0.2, 0.25) is 0 Å². The van der Waals surface area contributed by atoms with Crippen LogP contribution in [0.5, 0.6) is 0 Å². The van der Waals surface area contributed by atoms with E-state index in [1.54, 1.807) is 6.07 Å². The number of nitrogens with zero attached hydrogens (tertiary/aromatic N) is 1. The van der Waals surface area contributed by atoms with Gasteiger partial charge in [0.15, 0.2) is 0 Å². The third kappa shape index (κ3) is 2.94. The van der Waals surface area contributed by atoms with E-state index in [9.17, 15) is 4.39 Å². The molecule has 3 aromatic rings. The molecule has 3 nitrogen and oxygen atoms in total. The highest BCUT2D eigenvalue weighted by molar-refractivity contribution is 5.93. The van der Waals surface area contributed by atoms with Crippen LogP contribution in [0, 0.1) is 12.7 Å². The quantitative estimate of drug-likeness (QED) is 0.716. The van der Waals surface area contributed by atoms with Gasteiger partial charge in [-0.3, -0.25) is 4.98 Å². The van der Waals surface area contributed by atoms with Crippen LogP contribution in [0.1, 0.15) is 11.3 Å². The van der Waals surface area contributed by atoms with Gasteiger partial charge in [-0.1, -0.05) is 12.1 Å². The van der Waals surface area contributed by atoms with E-state index in [1.165, 1.54) is 12.1 Å². The normalized spacial score (nSPS) is 10.8. The topological polar surface area (TPSA) is 50.9 Å². The monoisotopic (exact) mass is 281 g/mol. The predicted octanol–water partition coefficient (Wildman–Crippen LogP) is 3.88. The van der Waals surface area contributed by atoms with Gasteiger partial charge >= 0.3 is 0 Å². The van der Waals surface area contributed by atoms with Crippen molar-refractivity contribution in [3.8, 4) is 0 Å². The second-order valence-electron chi connectivity index (χ2n) is 5.07. The lowest BCUT2D eigenvalue weighted by atomic mass is 10.1. The molecule has 0 saturated carbocycles. The number of benzene rings is 2. The van der Waals surface area contributed by atoms with Gasteiger partial charge in [-0.25, -0.2) is 4.39 Å². The minimum atomic E-state index is -0.227. The number of pyridine rings is 1. The first-order chi connectivity index (χ1) is 10.1. The Bertz CT molecular complexity index is 799. The molecule has 0 amide bonds. The summed E-state index contributed by atoms with van der Waals surface area (Å²) in [5.41, 5.74) is 10.2. The Morgan fingerprint density at radius 3 is 2.81 bits per heavy atom. The summed E-state index contributed by atoms with van der Waals surface area (Å²) in [4.78, 5) is 4.49. The summed E-state index contributed by atoms with van der Waals surface area (Å²) in [7, 11) is 0. The summed E-state index contributed by atoms with van der Waals surface area (Å²) in [5, 5.41) is 4.31. The van der Waals surface area contributed by atoms with Crippen LogP contribution in [-0.2, 0) is 6.54 Å². The van der Waals surface area contributed by atoms with Gasteiger partial charge in [0.1, 0.15) is 5.82 Å². The number of rotatable bonds is 3. The van der Waals surface area contributed by atoms with E-state index in [0.717, 1.165) is 27.8 Å². The Labute approximate surface area is 122 Å². The summed E-state index contributed by atoms with van der Waals surface area (Å²) in [5.74, 6) is -0.227. The van der Waals surface area contributed by atoms with Crippen LogP contribution in [0.25, 0.3) is 10.9 Å². The third-order valence-electron chi connectivity index (χ3n) is 3.33. The van der Waals surface area contributed by atoms with Crippen molar-refractivity contribution in [1.29, 1.82) is 0 Å². The molecule has 4 heteroatoms. The second-order valence-corrected chi connectivity index (χ2v) is 5.07. The smallest absolute Gasteiger partial charge is 0.123 e. The molecule has 1 aromatic heterocycles. The minimum absolute atomic E-state index is 0.227. The number of halogens is 1. The number of hydrogen-bond donors (Lipinski definition) is 2. The van der Waals surface area contributed by atoms with Crippen LogP contribution in [0.15, 0.2) is 48.5 Å². The number of nitrogens with one attached hydrogen (secondary N) is 1. The summed E-state index contributed by atoms with van der Waals surface area (Å²) < 4.78 is 13.2. The lowest BCUT2D eigenvalue weighted by Gasteiger charge is -2.11. The minimum Gasteiger partial charge on any atom is -0.399 e. The molecule has 0 aliphatic rings. The van der Waals surface area contributed by atoms with E-state index >= 15 is 0 Å². The Morgan fingerprint density at radius 2 is 2.00 bits per heavy atom. The molecule has 2 aromatic carbocycles. The second kappa shape index (κ2) is 5.40. The summed E-state index contributed by atoms with van der Waals surface area (Å²) in [6.07, 6.45) is 0. The van der Waals surface area contributed by atoms with Crippen LogP contribution >= 0.6 is 0 Å². The highest BCUT2D eigenvalue weighted by Crippen LogP contribution is 2.25. The maximum Gasteiger partial charge on any atom is 0.123 e. The highest BCUT2D eigenvalue weighted by atomic mass is 19.1. The van der Waals surface area contributed by atoms with Crippen LogP contribution < -0.4 is 11.1 Å². The van der Waals surface area contributed by atoms with Crippen LogP contribution in [0.4, 0.5) is 15.8 Å². The number of nitrogens with two attached hydrogens (primary N) is 1. The number of nitrogen functional groups attached to an aromatic ring is 1. The maximum absolute atomic E-state index is 13.2. The van der Waals surface area contributed by atoms with Gasteiger partial charge in [0.05, 0.1) is 5.52 Å². The van der Waals surface area contributed by atoms with Crippen molar-refractivity contribution in [2.45, 2.75) is 13.5 Å². The van der Waals surface area contributed by atoms with E-state index in [2.05, 4.69) is 10.3 Å². The molecule has 21 heavy (non-hydrogen) atoms. The molecule has 0 fully saturated rings. The predicted molar refractivity (Wildman–Crippen MR) is 84.6 cm³/mol. The maximum atomic E-state index is 13.2. The van der Waals surface area contributed by atoms with Gasteiger partial charge in [0, 0.05) is 29.0 Å². The van der Waals surface area contributed by atoms with Gasteiger partial charge in [-0.05, 0) is 48.9 Å². The van der Waals surface area contributed by atoms with Crippen molar-refractivity contribution in [2.75, 3.05) is 11.1 Å². The van der Waals surface area contributed by atoms with E-state index in [1.807, 2.05) is 37.3 Å². The van der Waals surface area contributed by atoms with Crippen LogP contribution in [0.2, 0.25) is 0 Å². The molecule has 0 unspecified atom stereocenters. The molecule has 106 valence electrons. The van der Waals surface area contributed by atoms with Crippen molar-refractivity contribution < 1.29 is 4.39 Å². The van der Waals surface area contributed by atoms with Gasteiger partial charge in [-0.2, -0.15) is 0 Å². The molecule has 0 bridgehead atoms. The van der Waals surface area contributed by atoms with Gasteiger partial charge in [-0.15, -0.1) is 0 Å². The molecule has 0 aliphatic heterocycles. The van der Waals surface area contributed by atoms with E-state index in [0.29, 0.717) is 12.2 Å². The Morgan fingerprint density at radius 1 is 1.14 bits per heavy atom. The molecule has 0 spiro atoms. The number of hydrogen-bond acceptors (Lipinski definition) is 3. The summed E-state index contributed by atoms with van der Waals surface area (Å²) in [6.45, 7) is 2.49. The molecule has 0 radical (unpaired) electrons. The SMILES string of the molecule is Cc1cc(NCc2cccc(F)c2)c2cc(N)ccc2n1. The molecule has 1 heterocycles. The van der Waals surface area contributed by atoms with Crippen molar-refractivity contribution in [3.05, 3.63) is 65.6 Å². The molecule has 0 saturated heterocycles. The van der Waals surface area contributed by atoms with E-state index in [-0.39, 0.29) is 5.82 Å². The van der Waals surface area contributed by atoms with Crippen molar-refractivity contribution in [2.24, 2.45) is 0 Å². The van der Waals surface area contributed by atoms with Gasteiger partial charge < -0.3 is 11.1 Å². The van der Waals surface area contributed by atoms with E-state index in [4.69, 9.17) is 5.73 Å². The van der Waals surface area contributed by atoms with Crippen LogP contribution in [-0.4, -0.2) is 4.98 Å². The van der Waals surface area contributed by atoms with Crippen molar-refractivity contribution >= 4 is 22.3 Å². The first-order valence-electron chi connectivity index (χ1n) is 6.77. The Hall–Kier alpha value is -2.62. The number of aromatic nitrogens is 1.